The van der Waals surface area contributed by atoms with Crippen LogP contribution in [0, 0.1) is 0 Å². The summed E-state index contributed by atoms with van der Waals surface area (Å²) in [5.41, 5.74) is 0.129. The molecule has 0 unspecified atom stereocenters. The van der Waals surface area contributed by atoms with Crippen LogP contribution in [0.25, 0.3) is 0 Å². The van der Waals surface area contributed by atoms with Crippen LogP contribution in [0.3, 0.4) is 0 Å². The van der Waals surface area contributed by atoms with Crippen LogP contribution in [0.1, 0.15) is 40.4 Å². The molecule has 0 fully saturated rings. The summed E-state index contributed by atoms with van der Waals surface area (Å²) in [7, 11) is 5.96. The number of carbonyl (C=O) groups is 2. The van der Waals surface area contributed by atoms with Gasteiger partial charge in [0.15, 0.2) is 16.6 Å². The lowest BCUT2D eigenvalue weighted by atomic mass is 10.3. The smallest absolute Gasteiger partial charge is 0.358 e. The minimum Gasteiger partial charge on any atom is -0.461 e. The summed E-state index contributed by atoms with van der Waals surface area (Å²) >= 11 is 1.24. The maximum atomic E-state index is 11.9. The van der Waals surface area contributed by atoms with Gasteiger partial charge in [0.1, 0.15) is 4.88 Å². The summed E-state index contributed by atoms with van der Waals surface area (Å²) in [5.74, 6) is -0.699. The number of hydrogen-bond donors (Lipinski definition) is 0. The van der Waals surface area contributed by atoms with Gasteiger partial charge in [0.25, 0.3) is 0 Å². The number of ether oxygens (including phenoxy) is 1. The normalized spacial score (nSPS) is 10.8. The van der Waals surface area contributed by atoms with Crippen molar-refractivity contribution in [3.8, 4) is 0 Å². The van der Waals surface area contributed by atoms with Crippen molar-refractivity contribution >= 4 is 28.2 Å². The molecule has 0 aromatic carbocycles. The van der Waals surface area contributed by atoms with Gasteiger partial charge in [-0.3, -0.25) is 4.79 Å². The van der Waals surface area contributed by atoms with Crippen LogP contribution < -0.4 is 4.90 Å². The molecule has 0 aliphatic rings. The molecule has 1 aromatic heterocycles. The number of ketones is 1. The average molecular weight is 313 g/mol. The first-order chi connectivity index (χ1) is 9.86. The molecule has 0 aliphatic heterocycles. The van der Waals surface area contributed by atoms with Crippen LogP contribution in [0.5, 0.6) is 0 Å². The predicted octanol–water partition coefficient (Wildman–Crippen LogP) is 1.91. The molecule has 21 heavy (non-hydrogen) atoms. The zero-order valence-electron chi connectivity index (χ0n) is 13.3. The maximum absolute atomic E-state index is 11.9. The number of nitrogens with zero attached hydrogens (tertiary/aromatic N) is 3. The highest BCUT2D eigenvalue weighted by Crippen LogP contribution is 2.27. The van der Waals surface area contributed by atoms with Crippen LogP contribution in [0.15, 0.2) is 0 Å². The number of carbonyl (C=O) groups excluding carboxylic acids is 2. The topological polar surface area (TPSA) is 62.7 Å². The zero-order valence-corrected chi connectivity index (χ0v) is 14.1. The Bertz CT molecular complexity index is 500. The molecule has 1 rings (SSSR count). The number of hydrogen-bond acceptors (Lipinski definition) is 7. The monoisotopic (exact) mass is 313 g/mol. The van der Waals surface area contributed by atoms with Crippen LogP contribution >= 0.6 is 11.3 Å². The molecule has 0 atom stereocenters. The standard InChI is InChI=1S/C14H23N3O3S/c1-6-20-13(19)11-12(10(2)18)21-14(15-11)17(5)9-7-8-16(3)4/h6-9H2,1-5H3. The van der Waals surface area contributed by atoms with Crippen LogP contribution in [0.4, 0.5) is 5.13 Å². The fourth-order valence-electron chi connectivity index (χ4n) is 1.77. The van der Waals surface area contributed by atoms with Gasteiger partial charge in [0, 0.05) is 20.5 Å². The highest BCUT2D eigenvalue weighted by molar-refractivity contribution is 7.17. The van der Waals surface area contributed by atoms with Crippen molar-refractivity contribution in [1.29, 1.82) is 0 Å². The van der Waals surface area contributed by atoms with Crippen molar-refractivity contribution in [3.05, 3.63) is 10.6 Å². The third kappa shape index (κ3) is 5.09. The number of esters is 1. The van der Waals surface area contributed by atoms with E-state index in [0.717, 1.165) is 19.5 Å². The molecule has 0 radical (unpaired) electrons. The first kappa shape index (κ1) is 17.6. The van der Waals surface area contributed by atoms with Crippen molar-refractivity contribution in [2.75, 3.05) is 45.7 Å². The molecule has 0 amide bonds. The average Bonchev–Trinajstić information content (AvgIpc) is 2.83. The van der Waals surface area contributed by atoms with E-state index in [2.05, 4.69) is 9.88 Å². The van der Waals surface area contributed by atoms with E-state index in [1.54, 1.807) is 6.92 Å². The van der Waals surface area contributed by atoms with Gasteiger partial charge in [-0.05, 0) is 34.0 Å². The predicted molar refractivity (Wildman–Crippen MR) is 84.5 cm³/mol. The summed E-state index contributed by atoms with van der Waals surface area (Å²) < 4.78 is 4.95. The van der Waals surface area contributed by atoms with Crippen molar-refractivity contribution in [1.82, 2.24) is 9.88 Å². The summed E-state index contributed by atoms with van der Waals surface area (Å²) in [6.45, 7) is 5.21. The molecule has 0 bridgehead atoms. The molecule has 0 aliphatic carbocycles. The quantitative estimate of drug-likeness (QED) is 0.540. The highest BCUT2D eigenvalue weighted by Gasteiger charge is 2.23. The summed E-state index contributed by atoms with van der Waals surface area (Å²) in [5, 5.41) is 0.669. The van der Waals surface area contributed by atoms with E-state index in [9.17, 15) is 9.59 Å². The third-order valence-electron chi connectivity index (χ3n) is 2.83. The molecule has 0 N–H and O–H groups in total. The van der Waals surface area contributed by atoms with Gasteiger partial charge in [-0.15, -0.1) is 0 Å². The molecule has 0 saturated heterocycles. The number of anilines is 1. The summed E-state index contributed by atoms with van der Waals surface area (Å²) in [6, 6.07) is 0. The van der Waals surface area contributed by atoms with Crippen molar-refractivity contribution in [2.45, 2.75) is 20.3 Å². The van der Waals surface area contributed by atoms with E-state index < -0.39 is 5.97 Å². The number of thiazole rings is 1. The second-order valence-electron chi connectivity index (χ2n) is 5.03. The lowest BCUT2D eigenvalue weighted by Gasteiger charge is -2.17. The highest BCUT2D eigenvalue weighted by atomic mass is 32.1. The maximum Gasteiger partial charge on any atom is 0.358 e. The van der Waals surface area contributed by atoms with E-state index in [4.69, 9.17) is 4.74 Å². The number of aromatic nitrogens is 1. The zero-order chi connectivity index (χ0) is 16.0. The van der Waals surface area contributed by atoms with Crippen LogP contribution in [0.2, 0.25) is 0 Å². The van der Waals surface area contributed by atoms with Crippen molar-refractivity contribution in [2.24, 2.45) is 0 Å². The van der Waals surface area contributed by atoms with E-state index in [0.29, 0.717) is 10.0 Å². The van der Waals surface area contributed by atoms with E-state index in [1.165, 1.54) is 18.3 Å². The van der Waals surface area contributed by atoms with E-state index in [-0.39, 0.29) is 18.1 Å². The molecule has 1 heterocycles. The van der Waals surface area contributed by atoms with Crippen LogP contribution in [-0.2, 0) is 4.74 Å². The van der Waals surface area contributed by atoms with Crippen molar-refractivity contribution in [3.63, 3.8) is 0 Å². The minimum atomic E-state index is -0.535. The first-order valence-electron chi connectivity index (χ1n) is 6.91. The van der Waals surface area contributed by atoms with Gasteiger partial charge in [-0.2, -0.15) is 0 Å². The summed E-state index contributed by atoms with van der Waals surface area (Å²) in [6.07, 6.45) is 0.979. The fourth-order valence-corrected chi connectivity index (χ4v) is 2.70. The lowest BCUT2D eigenvalue weighted by Crippen LogP contribution is -2.23. The van der Waals surface area contributed by atoms with E-state index >= 15 is 0 Å². The largest absolute Gasteiger partial charge is 0.461 e. The Hall–Kier alpha value is -1.47. The molecule has 7 heteroatoms. The molecular formula is C14H23N3O3S. The Labute approximate surface area is 129 Å². The van der Waals surface area contributed by atoms with E-state index in [1.807, 2.05) is 26.0 Å². The molecule has 118 valence electrons. The molecule has 0 spiro atoms. The first-order valence-corrected chi connectivity index (χ1v) is 7.73. The summed E-state index contributed by atoms with van der Waals surface area (Å²) in [4.78, 5) is 32.2. The van der Waals surface area contributed by atoms with Gasteiger partial charge in [-0.1, -0.05) is 11.3 Å². The molecular weight excluding hydrogens is 290 g/mol. The Morgan fingerprint density at radius 2 is 1.90 bits per heavy atom. The van der Waals surface area contributed by atoms with Crippen LogP contribution in [-0.4, -0.2) is 62.5 Å². The van der Waals surface area contributed by atoms with Crippen molar-refractivity contribution < 1.29 is 14.3 Å². The lowest BCUT2D eigenvalue weighted by molar-refractivity contribution is 0.0517. The Morgan fingerprint density at radius 1 is 1.24 bits per heavy atom. The second-order valence-corrected chi connectivity index (χ2v) is 6.01. The minimum absolute atomic E-state index is 0.129. The molecule has 6 nitrogen and oxygen atoms in total. The number of Topliss-reactive ketones (excluding diaryl/α,β-unsaturated/α-hetero) is 1. The fraction of sp³-hybridized carbons (Fsp3) is 0.643. The Kier molecular flexibility index (Phi) is 6.77. The second kappa shape index (κ2) is 8.09. The van der Waals surface area contributed by atoms with Gasteiger partial charge in [0.05, 0.1) is 6.61 Å². The van der Waals surface area contributed by atoms with Gasteiger partial charge < -0.3 is 14.5 Å². The van der Waals surface area contributed by atoms with Gasteiger partial charge in [0.2, 0.25) is 0 Å². The Morgan fingerprint density at radius 3 is 2.43 bits per heavy atom. The molecule has 0 saturated carbocycles. The van der Waals surface area contributed by atoms with Gasteiger partial charge >= 0.3 is 5.97 Å². The Balaban J connectivity index is 2.86. The number of rotatable bonds is 8. The van der Waals surface area contributed by atoms with Gasteiger partial charge in [-0.25, -0.2) is 9.78 Å². The molecule has 1 aromatic rings. The third-order valence-corrected chi connectivity index (χ3v) is 4.10. The SMILES string of the molecule is CCOC(=O)c1nc(N(C)CCCN(C)C)sc1C(C)=O.